The summed E-state index contributed by atoms with van der Waals surface area (Å²) in [7, 11) is 0. The lowest BCUT2D eigenvalue weighted by Gasteiger charge is -2.38. The maximum Gasteiger partial charge on any atom is 0.0700 e. The minimum Gasteiger partial charge on any atom is -0.376 e. The van der Waals surface area contributed by atoms with Gasteiger partial charge < -0.3 is 10.5 Å². The monoisotopic (exact) mass is 214 g/mol. The van der Waals surface area contributed by atoms with Crippen molar-refractivity contribution in [2.75, 3.05) is 32.8 Å². The lowest BCUT2D eigenvalue weighted by atomic mass is 9.87. The summed E-state index contributed by atoms with van der Waals surface area (Å²) in [6.45, 7) is 11.6. The summed E-state index contributed by atoms with van der Waals surface area (Å²) in [6.07, 6.45) is 2.69. The molecule has 0 spiro atoms. The molecule has 1 aliphatic rings. The molecule has 0 amide bonds. The zero-order chi connectivity index (χ0) is 11.3. The maximum absolute atomic E-state index is 5.84. The Morgan fingerprint density at radius 1 is 1.47 bits per heavy atom. The minimum absolute atomic E-state index is 0.273. The highest BCUT2D eigenvalue weighted by atomic mass is 16.5. The molecule has 1 rings (SSSR count). The fraction of sp³-hybridized carbons (Fsp3) is 1.00. The lowest BCUT2D eigenvalue weighted by molar-refractivity contribution is -0.0406. The Hall–Kier alpha value is -0.120. The van der Waals surface area contributed by atoms with Crippen molar-refractivity contribution in [2.24, 2.45) is 11.1 Å². The highest BCUT2D eigenvalue weighted by Crippen LogP contribution is 2.22. The van der Waals surface area contributed by atoms with Crippen LogP contribution in [-0.4, -0.2) is 43.8 Å². The van der Waals surface area contributed by atoms with Crippen molar-refractivity contribution in [3.05, 3.63) is 0 Å². The summed E-state index contributed by atoms with van der Waals surface area (Å²) in [4.78, 5) is 2.51. The summed E-state index contributed by atoms with van der Waals surface area (Å²) in [6, 6.07) is 0. The minimum atomic E-state index is 0.273. The second-order valence-corrected chi connectivity index (χ2v) is 5.00. The smallest absolute Gasteiger partial charge is 0.0700 e. The molecule has 0 bridgehead atoms. The van der Waals surface area contributed by atoms with Crippen LogP contribution < -0.4 is 5.73 Å². The van der Waals surface area contributed by atoms with E-state index in [0.29, 0.717) is 6.10 Å². The number of nitrogens with zero attached hydrogens (tertiary/aromatic N) is 1. The fourth-order valence-electron chi connectivity index (χ4n) is 2.03. The van der Waals surface area contributed by atoms with E-state index in [4.69, 9.17) is 10.5 Å². The van der Waals surface area contributed by atoms with Gasteiger partial charge in [0.2, 0.25) is 0 Å². The quantitative estimate of drug-likeness (QED) is 0.753. The average Bonchev–Trinajstić information content (AvgIpc) is 2.29. The second-order valence-electron chi connectivity index (χ2n) is 5.00. The summed E-state index contributed by atoms with van der Waals surface area (Å²) in [5.74, 6) is 0. The Morgan fingerprint density at radius 2 is 2.20 bits per heavy atom. The van der Waals surface area contributed by atoms with Crippen LogP contribution in [0.3, 0.4) is 0 Å². The van der Waals surface area contributed by atoms with Gasteiger partial charge in [-0.05, 0) is 24.8 Å². The van der Waals surface area contributed by atoms with E-state index in [1.165, 1.54) is 0 Å². The van der Waals surface area contributed by atoms with Gasteiger partial charge in [0.05, 0.1) is 12.7 Å². The predicted molar refractivity (Wildman–Crippen MR) is 63.9 cm³/mol. The molecule has 0 aliphatic carbocycles. The molecule has 15 heavy (non-hydrogen) atoms. The van der Waals surface area contributed by atoms with E-state index < -0.39 is 0 Å². The molecule has 3 heteroatoms. The summed E-state index contributed by atoms with van der Waals surface area (Å²) in [5.41, 5.74) is 6.12. The van der Waals surface area contributed by atoms with Crippen molar-refractivity contribution < 1.29 is 4.74 Å². The number of nitrogens with two attached hydrogens (primary N) is 1. The molecule has 0 saturated carbocycles. The normalized spacial score (nSPS) is 27.6. The second kappa shape index (κ2) is 5.83. The zero-order valence-electron chi connectivity index (χ0n) is 10.5. The number of rotatable bonds is 5. The molecule has 1 fully saturated rings. The van der Waals surface area contributed by atoms with Crippen molar-refractivity contribution in [3.63, 3.8) is 0 Å². The highest BCUT2D eigenvalue weighted by Gasteiger charge is 2.27. The number of ether oxygens (including phenoxy) is 1. The largest absolute Gasteiger partial charge is 0.376 e. The van der Waals surface area contributed by atoms with E-state index >= 15 is 0 Å². The van der Waals surface area contributed by atoms with Crippen LogP contribution in [-0.2, 0) is 4.74 Å². The zero-order valence-corrected chi connectivity index (χ0v) is 10.5. The van der Waals surface area contributed by atoms with Crippen LogP contribution in [0.2, 0.25) is 0 Å². The highest BCUT2D eigenvalue weighted by molar-refractivity contribution is 4.81. The van der Waals surface area contributed by atoms with E-state index in [2.05, 4.69) is 25.7 Å². The predicted octanol–water partition coefficient (Wildman–Crippen LogP) is 1.47. The topological polar surface area (TPSA) is 38.5 Å². The molecule has 1 aliphatic heterocycles. The first kappa shape index (κ1) is 12.9. The summed E-state index contributed by atoms with van der Waals surface area (Å²) >= 11 is 0. The van der Waals surface area contributed by atoms with Crippen LogP contribution >= 0.6 is 0 Å². The molecular formula is C12H26N2O. The third-order valence-electron chi connectivity index (χ3n) is 3.63. The van der Waals surface area contributed by atoms with Crippen LogP contribution in [0.25, 0.3) is 0 Å². The van der Waals surface area contributed by atoms with Gasteiger partial charge in [0.15, 0.2) is 0 Å². The van der Waals surface area contributed by atoms with Crippen LogP contribution in [0, 0.1) is 5.41 Å². The molecule has 2 unspecified atom stereocenters. The fourth-order valence-corrected chi connectivity index (χ4v) is 2.03. The maximum atomic E-state index is 5.84. The Morgan fingerprint density at radius 3 is 2.73 bits per heavy atom. The van der Waals surface area contributed by atoms with Crippen molar-refractivity contribution in [1.82, 2.24) is 4.90 Å². The third-order valence-corrected chi connectivity index (χ3v) is 3.63. The van der Waals surface area contributed by atoms with Crippen LogP contribution in [0.1, 0.15) is 33.6 Å². The van der Waals surface area contributed by atoms with Gasteiger partial charge in [-0.3, -0.25) is 4.90 Å². The standard InChI is InChI=1S/C12H26N2O/c1-4-11-8-14(6-7-15-11)10-12(3,5-2)9-13/h11H,4-10,13H2,1-3H3. The number of hydrogen-bond donors (Lipinski definition) is 1. The van der Waals surface area contributed by atoms with Gasteiger partial charge in [-0.2, -0.15) is 0 Å². The third kappa shape index (κ3) is 3.74. The molecular weight excluding hydrogens is 188 g/mol. The van der Waals surface area contributed by atoms with E-state index in [9.17, 15) is 0 Å². The Balaban J connectivity index is 2.43. The average molecular weight is 214 g/mol. The van der Waals surface area contributed by atoms with E-state index in [1.54, 1.807) is 0 Å². The van der Waals surface area contributed by atoms with Crippen molar-refractivity contribution in [3.8, 4) is 0 Å². The Bertz CT molecular complexity index is 180. The first-order chi connectivity index (χ1) is 7.13. The van der Waals surface area contributed by atoms with Crippen LogP contribution in [0.4, 0.5) is 0 Å². The van der Waals surface area contributed by atoms with Gasteiger partial charge in [-0.1, -0.05) is 20.8 Å². The molecule has 0 radical (unpaired) electrons. The Kier molecular flexibility index (Phi) is 5.03. The summed E-state index contributed by atoms with van der Waals surface area (Å²) < 4.78 is 5.67. The molecule has 0 aromatic carbocycles. The Labute approximate surface area is 94.0 Å². The van der Waals surface area contributed by atoms with Gasteiger partial charge in [0.1, 0.15) is 0 Å². The van der Waals surface area contributed by atoms with Crippen LogP contribution in [0.15, 0.2) is 0 Å². The molecule has 1 heterocycles. The lowest BCUT2D eigenvalue weighted by Crippen LogP contribution is -2.48. The van der Waals surface area contributed by atoms with Gasteiger partial charge in [-0.25, -0.2) is 0 Å². The first-order valence-electron chi connectivity index (χ1n) is 6.17. The van der Waals surface area contributed by atoms with E-state index in [-0.39, 0.29) is 5.41 Å². The first-order valence-corrected chi connectivity index (χ1v) is 6.17. The molecule has 90 valence electrons. The van der Waals surface area contributed by atoms with Crippen molar-refractivity contribution >= 4 is 0 Å². The summed E-state index contributed by atoms with van der Waals surface area (Å²) in [5, 5.41) is 0. The molecule has 2 N–H and O–H groups in total. The SMILES string of the molecule is CCC1CN(CC(C)(CC)CN)CCO1. The number of hydrogen-bond acceptors (Lipinski definition) is 3. The van der Waals surface area contributed by atoms with Gasteiger partial charge in [0, 0.05) is 19.6 Å². The molecule has 1 saturated heterocycles. The van der Waals surface area contributed by atoms with Gasteiger partial charge in [-0.15, -0.1) is 0 Å². The van der Waals surface area contributed by atoms with Crippen molar-refractivity contribution in [1.29, 1.82) is 0 Å². The molecule has 0 aromatic rings. The molecule has 3 nitrogen and oxygen atoms in total. The number of morpholine rings is 1. The van der Waals surface area contributed by atoms with Crippen LogP contribution in [0.5, 0.6) is 0 Å². The van der Waals surface area contributed by atoms with Gasteiger partial charge in [0.25, 0.3) is 0 Å². The van der Waals surface area contributed by atoms with Crippen molar-refractivity contribution in [2.45, 2.75) is 39.7 Å². The van der Waals surface area contributed by atoms with E-state index in [0.717, 1.165) is 45.6 Å². The van der Waals surface area contributed by atoms with E-state index in [1.807, 2.05) is 0 Å². The molecule has 0 aromatic heterocycles. The van der Waals surface area contributed by atoms with Gasteiger partial charge >= 0.3 is 0 Å². The molecule has 2 atom stereocenters.